The van der Waals surface area contributed by atoms with Crippen LogP contribution in [0.5, 0.6) is 0 Å². The second-order valence-electron chi connectivity index (χ2n) is 9.28. The van der Waals surface area contributed by atoms with Crippen molar-refractivity contribution in [2.24, 2.45) is 0 Å². The highest BCUT2D eigenvalue weighted by Crippen LogP contribution is 2.32. The average Bonchev–Trinajstić information content (AvgIpc) is 2.89. The lowest BCUT2D eigenvalue weighted by Crippen LogP contribution is -2.68. The van der Waals surface area contributed by atoms with Gasteiger partial charge in [-0.3, -0.25) is 4.79 Å². The monoisotopic (exact) mass is 559 g/mol. The van der Waals surface area contributed by atoms with Crippen molar-refractivity contribution < 1.29 is 79.2 Å². The van der Waals surface area contributed by atoms with E-state index in [-0.39, 0.29) is 0 Å². The first kappa shape index (κ1) is 31.4. The van der Waals surface area contributed by atoms with Crippen molar-refractivity contribution >= 4 is 5.91 Å². The van der Waals surface area contributed by atoms with Crippen LogP contribution in [0.15, 0.2) is 0 Å². The van der Waals surface area contributed by atoms with E-state index in [9.17, 15) is 50.8 Å². The normalized spacial score (nSPS) is 48.0. The molecule has 0 bridgehead atoms. The smallest absolute Gasteiger partial charge is 0.217 e. The molecule has 17 nitrogen and oxygen atoms in total. The van der Waals surface area contributed by atoms with Gasteiger partial charge in [-0.2, -0.15) is 0 Å². The summed E-state index contributed by atoms with van der Waals surface area (Å²) in [6, 6.07) is -1.16. The summed E-state index contributed by atoms with van der Waals surface area (Å²) >= 11 is 0. The zero-order valence-corrected chi connectivity index (χ0v) is 20.7. The maximum atomic E-state index is 11.6. The summed E-state index contributed by atoms with van der Waals surface area (Å²) in [5.74, 6) is -0.536. The van der Waals surface area contributed by atoms with E-state index in [0.717, 1.165) is 0 Å². The van der Waals surface area contributed by atoms with E-state index >= 15 is 0 Å². The first-order chi connectivity index (χ1) is 18.0. The predicted molar refractivity (Wildman–Crippen MR) is 118 cm³/mol. The molecule has 0 aromatic rings. The van der Waals surface area contributed by atoms with Crippen LogP contribution in [0.3, 0.4) is 0 Å². The summed E-state index contributed by atoms with van der Waals surface area (Å²) in [6.07, 6.45) is -22.3. The molecule has 3 aliphatic heterocycles. The summed E-state index contributed by atoms with van der Waals surface area (Å²) in [5.41, 5.74) is 0. The minimum atomic E-state index is -1.88. The van der Waals surface area contributed by atoms with Crippen molar-refractivity contribution in [1.29, 1.82) is 0 Å². The molecule has 15 unspecified atom stereocenters. The number of methoxy groups -OCH3 is 1. The van der Waals surface area contributed by atoms with Crippen LogP contribution in [0.4, 0.5) is 0 Å². The Morgan fingerprint density at radius 2 is 1.16 bits per heavy atom. The number of ether oxygens (including phenoxy) is 6. The first-order valence-electron chi connectivity index (χ1n) is 12.0. The Morgan fingerprint density at radius 1 is 0.658 bits per heavy atom. The van der Waals surface area contributed by atoms with Crippen molar-refractivity contribution in [3.8, 4) is 0 Å². The number of amides is 1. The predicted octanol–water partition coefficient (Wildman–Crippen LogP) is -6.78. The molecule has 17 heteroatoms. The lowest BCUT2D eigenvalue weighted by atomic mass is 9.95. The van der Waals surface area contributed by atoms with Crippen molar-refractivity contribution in [3.63, 3.8) is 0 Å². The number of rotatable bonds is 9. The molecule has 0 radical (unpaired) electrons. The molecule has 0 saturated carbocycles. The third kappa shape index (κ3) is 6.43. The number of hydrogen-bond acceptors (Lipinski definition) is 16. The minimum absolute atomic E-state index is 0.536. The second kappa shape index (κ2) is 13.5. The Hall–Kier alpha value is -1.13. The van der Waals surface area contributed by atoms with Crippen molar-refractivity contribution in [2.75, 3.05) is 26.9 Å². The van der Waals surface area contributed by atoms with Gasteiger partial charge in [0.05, 0.1) is 19.8 Å². The molecule has 3 aliphatic rings. The van der Waals surface area contributed by atoms with Gasteiger partial charge in [-0.1, -0.05) is 0 Å². The quantitative estimate of drug-likeness (QED) is 0.126. The highest BCUT2D eigenvalue weighted by molar-refractivity contribution is 5.73. The molecule has 3 rings (SSSR count). The van der Waals surface area contributed by atoms with Gasteiger partial charge in [0.15, 0.2) is 18.9 Å². The van der Waals surface area contributed by atoms with E-state index in [1.807, 2.05) is 0 Å². The van der Waals surface area contributed by atoms with E-state index in [0.29, 0.717) is 0 Å². The van der Waals surface area contributed by atoms with Gasteiger partial charge >= 0.3 is 0 Å². The van der Waals surface area contributed by atoms with Crippen LogP contribution in [0.1, 0.15) is 6.92 Å². The molecule has 3 fully saturated rings. The Bertz CT molecular complexity index is 761. The Kier molecular flexibility index (Phi) is 11.1. The SMILES string of the molecule is COC1OC(CO)C(OC2OC(CO)C(O)C(OC3OC(CO)C(O)C(O)C3O)C2O)C(O)C1NC(C)=O. The summed E-state index contributed by atoms with van der Waals surface area (Å²) < 4.78 is 32.7. The molecule has 0 aromatic carbocycles. The lowest BCUT2D eigenvalue weighted by molar-refractivity contribution is -0.375. The summed E-state index contributed by atoms with van der Waals surface area (Å²) in [5, 5.41) is 94.2. The van der Waals surface area contributed by atoms with E-state index in [2.05, 4.69) is 5.32 Å². The van der Waals surface area contributed by atoms with Crippen LogP contribution in [0, 0.1) is 0 Å². The largest absolute Gasteiger partial charge is 0.394 e. The molecule has 0 aromatic heterocycles. The van der Waals surface area contributed by atoms with Gasteiger partial charge in [-0.25, -0.2) is 0 Å². The molecule has 222 valence electrons. The fourth-order valence-electron chi connectivity index (χ4n) is 4.64. The van der Waals surface area contributed by atoms with Gasteiger partial charge in [0.2, 0.25) is 5.91 Å². The molecule has 0 spiro atoms. The van der Waals surface area contributed by atoms with Crippen LogP contribution in [-0.2, 0) is 33.2 Å². The minimum Gasteiger partial charge on any atom is -0.394 e. The van der Waals surface area contributed by atoms with Gasteiger partial charge in [0, 0.05) is 14.0 Å². The van der Waals surface area contributed by atoms with Crippen molar-refractivity contribution in [1.82, 2.24) is 5.32 Å². The average molecular weight is 560 g/mol. The van der Waals surface area contributed by atoms with Crippen LogP contribution < -0.4 is 5.32 Å². The highest BCUT2D eigenvalue weighted by atomic mass is 16.8. The standard InChI is InChI=1S/C21H37NO16/c1-6(26)22-10-13(29)17(9(5-25)36-19(10)33-2)37-21-16(32)18(12(28)8(4-24)35-21)38-20-15(31)14(30)11(27)7(3-23)34-20/h7-21,23-25,27-32H,3-5H2,1-2H3,(H,22,26). The molecule has 38 heavy (non-hydrogen) atoms. The maximum absolute atomic E-state index is 11.6. The highest BCUT2D eigenvalue weighted by Gasteiger charge is 2.53. The first-order valence-corrected chi connectivity index (χ1v) is 12.0. The third-order valence-electron chi connectivity index (χ3n) is 6.71. The second-order valence-corrected chi connectivity index (χ2v) is 9.28. The fourth-order valence-corrected chi connectivity index (χ4v) is 4.64. The van der Waals surface area contributed by atoms with Gasteiger partial charge in [0.25, 0.3) is 0 Å². The van der Waals surface area contributed by atoms with Crippen LogP contribution >= 0.6 is 0 Å². The lowest BCUT2D eigenvalue weighted by Gasteiger charge is -2.48. The van der Waals surface area contributed by atoms with E-state index in [1.54, 1.807) is 0 Å². The van der Waals surface area contributed by atoms with Gasteiger partial charge in [-0.05, 0) is 0 Å². The van der Waals surface area contributed by atoms with E-state index < -0.39 is 118 Å². The van der Waals surface area contributed by atoms with Crippen LogP contribution in [0.25, 0.3) is 0 Å². The van der Waals surface area contributed by atoms with Crippen molar-refractivity contribution in [3.05, 3.63) is 0 Å². The third-order valence-corrected chi connectivity index (χ3v) is 6.71. The Balaban J connectivity index is 1.81. The number of carbonyl (C=O) groups is 1. The van der Waals surface area contributed by atoms with Crippen LogP contribution in [0.2, 0.25) is 0 Å². The molecule has 3 heterocycles. The molecule has 1 amide bonds. The number of hydrogen-bond donors (Lipinski definition) is 10. The van der Waals surface area contributed by atoms with Gasteiger partial charge in [-0.15, -0.1) is 0 Å². The zero-order valence-electron chi connectivity index (χ0n) is 20.7. The summed E-state index contributed by atoms with van der Waals surface area (Å²) in [4.78, 5) is 11.6. The van der Waals surface area contributed by atoms with E-state index in [1.165, 1.54) is 14.0 Å². The van der Waals surface area contributed by atoms with Crippen LogP contribution in [-0.4, -0.2) is 171 Å². The summed E-state index contributed by atoms with van der Waals surface area (Å²) in [7, 11) is 1.25. The molecule has 10 N–H and O–H groups in total. The molecular formula is C21H37NO16. The molecule has 15 atom stereocenters. The number of nitrogens with one attached hydrogen (secondary N) is 1. The Labute approximate surface area is 217 Å². The Morgan fingerprint density at radius 3 is 1.68 bits per heavy atom. The number of carbonyl (C=O) groups excluding carboxylic acids is 1. The zero-order chi connectivity index (χ0) is 28.3. The van der Waals surface area contributed by atoms with Gasteiger partial charge in [0.1, 0.15) is 73.2 Å². The van der Waals surface area contributed by atoms with E-state index in [4.69, 9.17) is 28.4 Å². The molecule has 0 aliphatic carbocycles. The number of aliphatic hydroxyl groups is 9. The van der Waals surface area contributed by atoms with Crippen molar-refractivity contribution in [2.45, 2.75) is 99.0 Å². The fraction of sp³-hybridized carbons (Fsp3) is 0.952. The number of aliphatic hydroxyl groups excluding tert-OH is 9. The topological polar surface area (TPSA) is 267 Å². The molecular weight excluding hydrogens is 522 g/mol. The van der Waals surface area contributed by atoms with Gasteiger partial charge < -0.3 is 79.7 Å². The molecule has 3 saturated heterocycles. The maximum Gasteiger partial charge on any atom is 0.217 e. The summed E-state index contributed by atoms with van der Waals surface area (Å²) in [6.45, 7) is -1.05.